The Hall–Kier alpha value is 0.342. The zero-order chi connectivity index (χ0) is 12.0. The Balaban J connectivity index is 0. The summed E-state index contributed by atoms with van der Waals surface area (Å²) in [5.74, 6) is -6.85. The molecule has 3 nitrogen and oxygen atoms in total. The summed E-state index contributed by atoms with van der Waals surface area (Å²) in [4.78, 5) is 0. The Kier molecular flexibility index (Phi) is 5.09. The van der Waals surface area contributed by atoms with Crippen molar-refractivity contribution in [2.24, 2.45) is 0 Å². The molecule has 0 aliphatic heterocycles. The smallest absolute Gasteiger partial charge is 0.281 e. The van der Waals surface area contributed by atoms with Gasteiger partial charge >= 0.3 is 27.5 Å². The van der Waals surface area contributed by atoms with Crippen LogP contribution in [0.3, 0.4) is 0 Å². The summed E-state index contributed by atoms with van der Waals surface area (Å²) in [7, 11) is -6.85. The average Bonchev–Trinajstić information content (AvgIpc) is 1.81. The zero-order valence-electron chi connectivity index (χ0n) is 6.40. The average molecular weight is 454 g/mol. The van der Waals surface area contributed by atoms with E-state index in [9.17, 15) is 39.2 Å². The third kappa shape index (κ3) is 2.92. The summed E-state index contributed by atoms with van der Waals surface area (Å²) in [6.07, 6.45) is -6.79. The van der Waals surface area contributed by atoms with E-state index in [1.54, 1.807) is 0 Å². The van der Waals surface area contributed by atoms with Crippen LogP contribution >= 0.6 is 0 Å². The van der Waals surface area contributed by atoms with Crippen molar-refractivity contribution < 1.29 is 43.7 Å². The van der Waals surface area contributed by atoms with Gasteiger partial charge in [0, 0.05) is 27.3 Å². The second kappa shape index (κ2) is 4.31. The van der Waals surface area contributed by atoms with Gasteiger partial charge in [0.15, 0.2) is 0 Å². The van der Waals surface area contributed by atoms with Gasteiger partial charge in [-0.1, -0.05) is 0 Å². The molecule has 0 aliphatic carbocycles. The molecule has 0 rings (SSSR count). The normalized spacial score (nSPS) is 14.7. The Morgan fingerprint density at radius 2 is 1.13 bits per heavy atom. The van der Waals surface area contributed by atoms with Crippen LogP contribution in [-0.2, 0) is 10.1 Å². The SMILES string of the molecule is O=S(=O)(O)C(F)(F)C(F)(F)C(F)(F)F.[Tl]. The molecular weight excluding hydrogens is 453 g/mol. The van der Waals surface area contributed by atoms with Crippen LogP contribution < -0.4 is 0 Å². The van der Waals surface area contributed by atoms with Crippen molar-refractivity contribution in [3.8, 4) is 0 Å². The summed E-state index contributed by atoms with van der Waals surface area (Å²) in [5.41, 5.74) is 0. The molecule has 0 aromatic carbocycles. The van der Waals surface area contributed by atoms with Crippen molar-refractivity contribution in [3.63, 3.8) is 0 Å². The quantitative estimate of drug-likeness (QED) is 0.389. The molecule has 89 valence electrons. The van der Waals surface area contributed by atoms with Gasteiger partial charge in [-0.25, -0.2) is 0 Å². The fourth-order valence-corrected chi connectivity index (χ4v) is 0.767. The number of hydrogen-bond donors (Lipinski definition) is 1. The van der Waals surface area contributed by atoms with Crippen molar-refractivity contribution in [1.29, 1.82) is 0 Å². The molecule has 12 heteroatoms. The van der Waals surface area contributed by atoms with Gasteiger partial charge in [0.1, 0.15) is 0 Å². The molecule has 0 spiro atoms. The van der Waals surface area contributed by atoms with Crippen LogP contribution in [0.5, 0.6) is 0 Å². The first-order valence-corrected chi connectivity index (χ1v) is 3.98. The minimum Gasteiger partial charge on any atom is -0.281 e. The predicted octanol–water partition coefficient (Wildman–Crippen LogP) is 1.28. The second-order valence-electron chi connectivity index (χ2n) is 2.06. The van der Waals surface area contributed by atoms with Gasteiger partial charge in [0.25, 0.3) is 0 Å². The van der Waals surface area contributed by atoms with Gasteiger partial charge in [0.2, 0.25) is 0 Å². The van der Waals surface area contributed by atoms with Crippen molar-refractivity contribution >= 4 is 37.4 Å². The standard InChI is InChI=1S/C3HF7O3S.Tl/c4-1(5,2(6,7)8)3(9,10)14(11,12)13;/h(H,11,12,13);. The van der Waals surface area contributed by atoms with Crippen LogP contribution in [-0.4, -0.2) is 57.6 Å². The minimum absolute atomic E-state index is 0. The summed E-state index contributed by atoms with van der Waals surface area (Å²) in [6.45, 7) is 0. The predicted molar refractivity (Wildman–Crippen MR) is 33.3 cm³/mol. The Morgan fingerprint density at radius 3 is 1.20 bits per heavy atom. The molecule has 0 saturated heterocycles. The number of halogens is 7. The van der Waals surface area contributed by atoms with Gasteiger partial charge in [-0.2, -0.15) is 39.2 Å². The monoisotopic (exact) mass is 455 g/mol. The number of hydrogen-bond acceptors (Lipinski definition) is 2. The second-order valence-corrected chi connectivity index (χ2v) is 3.53. The van der Waals surface area contributed by atoms with E-state index < -0.39 is 27.5 Å². The van der Waals surface area contributed by atoms with Crippen LogP contribution in [0.25, 0.3) is 0 Å². The van der Waals surface area contributed by atoms with Gasteiger partial charge in [-0.3, -0.25) is 4.55 Å². The molecule has 0 fully saturated rings. The third-order valence-corrected chi connectivity index (χ3v) is 1.95. The van der Waals surface area contributed by atoms with E-state index in [0.717, 1.165) is 0 Å². The number of rotatable bonds is 2. The van der Waals surface area contributed by atoms with Crippen molar-refractivity contribution in [2.45, 2.75) is 17.4 Å². The third-order valence-electron chi connectivity index (χ3n) is 1.05. The van der Waals surface area contributed by atoms with Gasteiger partial charge in [0.05, 0.1) is 0 Å². The van der Waals surface area contributed by atoms with Gasteiger partial charge in [-0.15, -0.1) is 0 Å². The molecule has 1 N–H and O–H groups in total. The van der Waals surface area contributed by atoms with Crippen molar-refractivity contribution in [1.82, 2.24) is 0 Å². The first-order chi connectivity index (χ1) is 5.75. The molecule has 0 bridgehead atoms. The van der Waals surface area contributed by atoms with Crippen molar-refractivity contribution in [2.75, 3.05) is 0 Å². The van der Waals surface area contributed by atoms with E-state index in [4.69, 9.17) is 4.55 Å². The summed E-state index contributed by atoms with van der Waals surface area (Å²) in [5, 5.41) is -6.61. The molecule has 0 aromatic heterocycles. The largest absolute Gasteiger partial charge is 0.461 e. The van der Waals surface area contributed by atoms with Crippen LogP contribution in [0.2, 0.25) is 0 Å². The fourth-order valence-electron chi connectivity index (χ4n) is 0.327. The van der Waals surface area contributed by atoms with Crippen LogP contribution in [0, 0.1) is 0 Å². The van der Waals surface area contributed by atoms with Gasteiger partial charge in [-0.05, 0) is 0 Å². The topological polar surface area (TPSA) is 54.4 Å². The summed E-state index contributed by atoms with van der Waals surface area (Å²) >= 11 is 0. The molecule has 0 aromatic rings. The first kappa shape index (κ1) is 17.7. The zero-order valence-corrected chi connectivity index (χ0v) is 11.7. The molecule has 0 unspecified atom stereocenters. The van der Waals surface area contributed by atoms with E-state index in [1.165, 1.54) is 0 Å². The Labute approximate surface area is 98.5 Å². The molecule has 0 saturated carbocycles. The molecule has 0 amide bonds. The van der Waals surface area contributed by atoms with Crippen LogP contribution in [0.15, 0.2) is 0 Å². The van der Waals surface area contributed by atoms with Crippen LogP contribution in [0.1, 0.15) is 0 Å². The molecule has 0 heterocycles. The molecule has 15 heavy (non-hydrogen) atoms. The van der Waals surface area contributed by atoms with E-state index in [-0.39, 0.29) is 27.3 Å². The van der Waals surface area contributed by atoms with E-state index in [1.807, 2.05) is 0 Å². The van der Waals surface area contributed by atoms with E-state index >= 15 is 0 Å². The van der Waals surface area contributed by atoms with Crippen molar-refractivity contribution in [3.05, 3.63) is 0 Å². The molecule has 1 radical (unpaired) electrons. The maximum absolute atomic E-state index is 11.9. The molecular formula is C3HF7O3STl. The van der Waals surface area contributed by atoms with Crippen LogP contribution in [0.4, 0.5) is 30.7 Å². The Bertz CT molecular complexity index is 319. The van der Waals surface area contributed by atoms with E-state index in [0.29, 0.717) is 0 Å². The fraction of sp³-hybridized carbons (Fsp3) is 1.00. The van der Waals surface area contributed by atoms with Gasteiger partial charge < -0.3 is 0 Å². The Morgan fingerprint density at radius 1 is 0.867 bits per heavy atom. The summed E-state index contributed by atoms with van der Waals surface area (Å²) in [6, 6.07) is 0. The molecule has 0 aliphatic rings. The maximum atomic E-state index is 11.9. The maximum Gasteiger partial charge on any atom is 0.461 e. The minimum atomic E-state index is -6.85. The summed E-state index contributed by atoms with van der Waals surface area (Å²) < 4.78 is 108. The van der Waals surface area contributed by atoms with E-state index in [2.05, 4.69) is 0 Å². The number of alkyl halides is 7. The molecule has 0 atom stereocenters. The first-order valence-electron chi connectivity index (χ1n) is 2.54.